The van der Waals surface area contributed by atoms with Crippen LogP contribution < -0.4 is 4.74 Å². The van der Waals surface area contributed by atoms with Crippen LogP contribution in [0.4, 0.5) is 0 Å². The summed E-state index contributed by atoms with van der Waals surface area (Å²) in [6.07, 6.45) is 3.55. The van der Waals surface area contributed by atoms with E-state index in [1.165, 1.54) is 0 Å². The highest BCUT2D eigenvalue weighted by Gasteiger charge is 2.20. The summed E-state index contributed by atoms with van der Waals surface area (Å²) < 4.78 is 5.66. The fourth-order valence-corrected chi connectivity index (χ4v) is 2.62. The first-order chi connectivity index (χ1) is 11.1. The highest BCUT2D eigenvalue weighted by molar-refractivity contribution is 5.84. The highest BCUT2D eigenvalue weighted by Crippen LogP contribution is 2.13. The summed E-state index contributed by atoms with van der Waals surface area (Å²) in [4.78, 5) is 27.5. The minimum Gasteiger partial charge on any atom is -0.492 e. The van der Waals surface area contributed by atoms with Gasteiger partial charge >= 0.3 is 0 Å². The number of likely N-dealkylation sites (N-methyl/N-ethyl adjacent to an activating group) is 1. The lowest BCUT2D eigenvalue weighted by atomic mass is 10.2. The summed E-state index contributed by atoms with van der Waals surface area (Å²) in [5.74, 6) is 0.877. The lowest BCUT2D eigenvalue weighted by Gasteiger charge is -2.24. The van der Waals surface area contributed by atoms with Gasteiger partial charge in [0.05, 0.1) is 13.1 Å². The van der Waals surface area contributed by atoms with Crippen LogP contribution in [0.1, 0.15) is 31.2 Å². The lowest BCUT2D eigenvalue weighted by Crippen LogP contribution is -2.42. The molecular formula is C18H26N2O3. The predicted molar refractivity (Wildman–Crippen MR) is 89.4 cm³/mol. The zero-order valence-corrected chi connectivity index (χ0v) is 14.1. The second-order valence-corrected chi connectivity index (χ2v) is 6.11. The molecule has 1 fully saturated rings. The molecule has 1 saturated heterocycles. The Bertz CT molecular complexity index is 545. The summed E-state index contributed by atoms with van der Waals surface area (Å²) >= 11 is 0. The quantitative estimate of drug-likeness (QED) is 0.808. The molecule has 5 heteroatoms. The van der Waals surface area contributed by atoms with Gasteiger partial charge in [-0.25, -0.2) is 0 Å². The van der Waals surface area contributed by atoms with Crippen molar-refractivity contribution in [2.45, 2.75) is 32.6 Å². The van der Waals surface area contributed by atoms with Gasteiger partial charge in [-0.2, -0.15) is 0 Å². The molecule has 1 aromatic carbocycles. The zero-order chi connectivity index (χ0) is 16.7. The van der Waals surface area contributed by atoms with Gasteiger partial charge in [-0.1, -0.05) is 18.6 Å². The van der Waals surface area contributed by atoms with Crippen LogP contribution in [-0.2, 0) is 9.59 Å². The number of amides is 2. The third kappa shape index (κ3) is 5.58. The summed E-state index contributed by atoms with van der Waals surface area (Å²) in [6.45, 7) is 3.84. The molecular weight excluding hydrogens is 292 g/mol. The molecule has 0 radical (unpaired) electrons. The molecule has 2 rings (SSSR count). The molecule has 1 aliphatic rings. The Morgan fingerprint density at radius 1 is 1.30 bits per heavy atom. The van der Waals surface area contributed by atoms with Crippen molar-refractivity contribution < 1.29 is 14.3 Å². The number of carbonyl (C=O) groups is 2. The first kappa shape index (κ1) is 17.3. The van der Waals surface area contributed by atoms with Crippen LogP contribution in [0.2, 0.25) is 0 Å². The first-order valence-corrected chi connectivity index (χ1v) is 8.27. The van der Waals surface area contributed by atoms with Crippen LogP contribution in [0.15, 0.2) is 24.3 Å². The van der Waals surface area contributed by atoms with E-state index in [0.29, 0.717) is 26.1 Å². The van der Waals surface area contributed by atoms with E-state index in [1.54, 1.807) is 16.8 Å². The molecule has 0 aromatic heterocycles. The molecule has 0 bridgehead atoms. The topological polar surface area (TPSA) is 49.9 Å². The van der Waals surface area contributed by atoms with E-state index in [4.69, 9.17) is 4.74 Å². The summed E-state index contributed by atoms with van der Waals surface area (Å²) in [7, 11) is 1.75. The van der Waals surface area contributed by atoms with Crippen LogP contribution in [0.25, 0.3) is 0 Å². The Morgan fingerprint density at radius 3 is 2.91 bits per heavy atom. The molecule has 0 spiro atoms. The van der Waals surface area contributed by atoms with E-state index in [-0.39, 0.29) is 18.4 Å². The van der Waals surface area contributed by atoms with E-state index in [9.17, 15) is 9.59 Å². The number of aryl methyl sites for hydroxylation is 1. The van der Waals surface area contributed by atoms with Gasteiger partial charge in [-0.05, 0) is 37.5 Å². The number of rotatable bonds is 6. The molecule has 0 saturated carbocycles. The van der Waals surface area contributed by atoms with E-state index in [2.05, 4.69) is 0 Å². The molecule has 0 unspecified atom stereocenters. The molecule has 5 nitrogen and oxygen atoms in total. The number of carbonyl (C=O) groups excluding carboxylic acids is 2. The largest absolute Gasteiger partial charge is 0.492 e. The maximum atomic E-state index is 12.2. The van der Waals surface area contributed by atoms with Crippen molar-refractivity contribution in [2.75, 3.05) is 33.3 Å². The van der Waals surface area contributed by atoms with E-state index < -0.39 is 0 Å². The number of likely N-dealkylation sites (tertiary alicyclic amines) is 1. The van der Waals surface area contributed by atoms with Crippen molar-refractivity contribution in [2.24, 2.45) is 0 Å². The third-order valence-corrected chi connectivity index (χ3v) is 4.11. The van der Waals surface area contributed by atoms with Crippen molar-refractivity contribution in [1.29, 1.82) is 0 Å². The molecule has 2 amide bonds. The molecule has 0 N–H and O–H groups in total. The smallest absolute Gasteiger partial charge is 0.242 e. The van der Waals surface area contributed by atoms with Gasteiger partial charge in [0, 0.05) is 20.0 Å². The zero-order valence-electron chi connectivity index (χ0n) is 14.1. The second-order valence-electron chi connectivity index (χ2n) is 6.11. The van der Waals surface area contributed by atoms with Crippen molar-refractivity contribution >= 4 is 11.8 Å². The van der Waals surface area contributed by atoms with Crippen LogP contribution in [0.5, 0.6) is 5.75 Å². The SMILES string of the molecule is Cc1cccc(OCCN(C)C(=O)CN2CCCCCC2=O)c1. The third-order valence-electron chi connectivity index (χ3n) is 4.11. The first-order valence-electron chi connectivity index (χ1n) is 8.27. The number of hydrogen-bond acceptors (Lipinski definition) is 3. The maximum Gasteiger partial charge on any atom is 0.242 e. The monoisotopic (exact) mass is 318 g/mol. The average molecular weight is 318 g/mol. The normalized spacial score (nSPS) is 15.2. The van der Waals surface area contributed by atoms with E-state index in [1.807, 2.05) is 31.2 Å². The molecule has 1 aliphatic heterocycles. The average Bonchev–Trinajstić information content (AvgIpc) is 2.72. The minimum atomic E-state index is -0.0342. The van der Waals surface area contributed by atoms with Gasteiger partial charge in [-0.3, -0.25) is 9.59 Å². The minimum absolute atomic E-state index is 0.0342. The van der Waals surface area contributed by atoms with Gasteiger partial charge in [-0.15, -0.1) is 0 Å². The van der Waals surface area contributed by atoms with E-state index >= 15 is 0 Å². The summed E-state index contributed by atoms with van der Waals surface area (Å²) in [5, 5.41) is 0. The molecule has 0 atom stereocenters. The Balaban J connectivity index is 1.75. The lowest BCUT2D eigenvalue weighted by molar-refractivity contribution is -0.139. The van der Waals surface area contributed by atoms with Gasteiger partial charge in [0.15, 0.2) is 0 Å². The number of nitrogens with zero attached hydrogens (tertiary/aromatic N) is 2. The summed E-state index contributed by atoms with van der Waals surface area (Å²) in [6, 6.07) is 7.84. The van der Waals surface area contributed by atoms with Crippen molar-refractivity contribution in [3.63, 3.8) is 0 Å². The Morgan fingerprint density at radius 2 is 2.13 bits per heavy atom. The molecule has 126 valence electrons. The van der Waals surface area contributed by atoms with Gasteiger partial charge in [0.1, 0.15) is 12.4 Å². The van der Waals surface area contributed by atoms with Crippen LogP contribution in [0, 0.1) is 6.92 Å². The van der Waals surface area contributed by atoms with Crippen LogP contribution >= 0.6 is 0 Å². The fourth-order valence-electron chi connectivity index (χ4n) is 2.62. The number of benzene rings is 1. The van der Waals surface area contributed by atoms with E-state index in [0.717, 1.165) is 30.6 Å². The summed E-state index contributed by atoms with van der Waals surface area (Å²) in [5.41, 5.74) is 1.15. The van der Waals surface area contributed by atoms with Crippen molar-refractivity contribution in [1.82, 2.24) is 9.80 Å². The van der Waals surface area contributed by atoms with Gasteiger partial charge < -0.3 is 14.5 Å². The number of hydrogen-bond donors (Lipinski definition) is 0. The molecule has 1 aromatic rings. The molecule has 23 heavy (non-hydrogen) atoms. The highest BCUT2D eigenvalue weighted by atomic mass is 16.5. The Kier molecular flexibility index (Phi) is 6.44. The van der Waals surface area contributed by atoms with Crippen LogP contribution in [-0.4, -0.2) is 54.9 Å². The van der Waals surface area contributed by atoms with Gasteiger partial charge in [0.2, 0.25) is 11.8 Å². The van der Waals surface area contributed by atoms with Crippen LogP contribution in [0.3, 0.4) is 0 Å². The van der Waals surface area contributed by atoms with Crippen molar-refractivity contribution in [3.8, 4) is 5.75 Å². The maximum absolute atomic E-state index is 12.2. The standard InChI is InChI=1S/C18H26N2O3/c1-15-7-6-8-16(13-15)23-12-11-19(2)18(22)14-20-10-5-3-4-9-17(20)21/h6-8,13H,3-5,9-12,14H2,1-2H3. The fraction of sp³-hybridized carbons (Fsp3) is 0.556. The van der Waals surface area contributed by atoms with Crippen molar-refractivity contribution in [3.05, 3.63) is 29.8 Å². The predicted octanol–water partition coefficient (Wildman–Crippen LogP) is 2.23. The Labute approximate surface area is 138 Å². The Hall–Kier alpha value is -2.04. The number of ether oxygens (including phenoxy) is 1. The molecule has 0 aliphatic carbocycles. The van der Waals surface area contributed by atoms with Gasteiger partial charge in [0.25, 0.3) is 0 Å². The molecule has 1 heterocycles. The second kappa shape index (κ2) is 8.56.